The molecule has 3 aromatic rings. The van der Waals surface area contributed by atoms with E-state index in [1.165, 1.54) is 11.8 Å². The van der Waals surface area contributed by atoms with Crippen LogP contribution >= 0.6 is 11.8 Å². The van der Waals surface area contributed by atoms with Crippen LogP contribution in [0.4, 0.5) is 0 Å². The molecule has 3 rings (SSSR count). The van der Waals surface area contributed by atoms with Crippen molar-refractivity contribution in [2.75, 3.05) is 26.9 Å². The van der Waals surface area contributed by atoms with Gasteiger partial charge >= 0.3 is 0 Å². The van der Waals surface area contributed by atoms with Crippen LogP contribution in [0.5, 0.6) is 17.2 Å². The van der Waals surface area contributed by atoms with E-state index >= 15 is 0 Å². The normalized spacial score (nSPS) is 11.5. The van der Waals surface area contributed by atoms with Gasteiger partial charge in [0.05, 0.1) is 13.7 Å². The van der Waals surface area contributed by atoms with Gasteiger partial charge in [0.15, 0.2) is 16.7 Å². The van der Waals surface area contributed by atoms with E-state index in [0.29, 0.717) is 34.7 Å². The molecule has 2 aromatic carbocycles. The molecule has 0 radical (unpaired) electrons. The average molecular weight is 469 g/mol. The minimum atomic E-state index is -0.540. The lowest BCUT2D eigenvalue weighted by Gasteiger charge is -2.17. The molecule has 0 fully saturated rings. The van der Waals surface area contributed by atoms with Gasteiger partial charge in [-0.25, -0.2) is 0 Å². The second-order valence-corrected chi connectivity index (χ2v) is 7.99. The van der Waals surface area contributed by atoms with E-state index in [9.17, 15) is 10.1 Å². The van der Waals surface area contributed by atoms with Crippen LogP contribution in [0.2, 0.25) is 0 Å². The van der Waals surface area contributed by atoms with Crippen molar-refractivity contribution < 1.29 is 19.1 Å². The van der Waals surface area contributed by atoms with Crippen LogP contribution in [0, 0.1) is 29.4 Å². The van der Waals surface area contributed by atoms with Gasteiger partial charge in [0.25, 0.3) is 0 Å². The Hall–Kier alpha value is -3.71. The van der Waals surface area contributed by atoms with Gasteiger partial charge in [0.2, 0.25) is 6.54 Å². The molecule has 33 heavy (non-hydrogen) atoms. The maximum atomic E-state index is 11.5. The molecule has 1 aromatic heterocycles. The van der Waals surface area contributed by atoms with Crippen LogP contribution in [0.1, 0.15) is 23.6 Å². The lowest BCUT2D eigenvalue weighted by Crippen LogP contribution is -2.11. The van der Waals surface area contributed by atoms with Crippen LogP contribution in [-0.4, -0.2) is 46.6 Å². The van der Waals surface area contributed by atoms with Crippen LogP contribution < -0.4 is 14.2 Å². The predicted molar refractivity (Wildman–Crippen MR) is 125 cm³/mol. The lowest BCUT2D eigenvalue weighted by atomic mass is 10.1. The molecule has 0 saturated carbocycles. The molecule has 9 nitrogen and oxygen atoms in total. The molecule has 0 aliphatic carbocycles. The first-order chi connectivity index (χ1) is 16.0. The fourth-order valence-corrected chi connectivity index (χ4v) is 4.32. The number of nitrogens with zero attached hydrogens (tertiary/aromatic N) is 4. The highest BCUT2D eigenvalue weighted by Gasteiger charge is 2.25. The van der Waals surface area contributed by atoms with Crippen molar-refractivity contribution in [3.8, 4) is 35.3 Å². The van der Waals surface area contributed by atoms with E-state index in [1.54, 1.807) is 25.3 Å². The summed E-state index contributed by atoms with van der Waals surface area (Å²) in [6.07, 6.45) is 5.28. The van der Waals surface area contributed by atoms with Crippen molar-refractivity contribution in [1.82, 2.24) is 14.8 Å². The van der Waals surface area contributed by atoms with Gasteiger partial charge in [0.1, 0.15) is 23.4 Å². The van der Waals surface area contributed by atoms with Crippen LogP contribution in [0.25, 0.3) is 5.69 Å². The highest BCUT2D eigenvalue weighted by molar-refractivity contribution is 7.99. The zero-order valence-corrected chi connectivity index (χ0v) is 19.4. The number of hydrogen-bond donors (Lipinski definition) is 0. The zero-order chi connectivity index (χ0) is 23.8. The summed E-state index contributed by atoms with van der Waals surface area (Å²) >= 11 is 1.26. The molecule has 0 saturated heterocycles. The van der Waals surface area contributed by atoms with Crippen LogP contribution in [-0.2, 0) is 0 Å². The molecule has 172 valence electrons. The Morgan fingerprint density at radius 3 is 2.58 bits per heavy atom. The van der Waals surface area contributed by atoms with Crippen molar-refractivity contribution in [3.63, 3.8) is 0 Å². The second kappa shape index (κ2) is 11.2. The number of aryl methyl sites for hydroxylation is 1. The SMILES string of the molecule is C#CCOc1ccc([C@@H](C[N+](=O)[O-])Sc2nnc(C)n2-c2ccc(OC)cc2)cc1OCC. The summed E-state index contributed by atoms with van der Waals surface area (Å²) in [5.41, 5.74) is 1.53. The van der Waals surface area contributed by atoms with Crippen molar-refractivity contribution in [2.45, 2.75) is 24.3 Å². The minimum absolute atomic E-state index is 0.0940. The smallest absolute Gasteiger partial charge is 0.220 e. The third-order valence-corrected chi connectivity index (χ3v) is 5.82. The Kier molecular flexibility index (Phi) is 8.16. The number of benzene rings is 2. The summed E-state index contributed by atoms with van der Waals surface area (Å²) in [7, 11) is 1.60. The number of rotatable bonds is 11. The van der Waals surface area contributed by atoms with Gasteiger partial charge in [-0.2, -0.15) is 0 Å². The first kappa shape index (κ1) is 23.9. The Bertz CT molecular complexity index is 1140. The molecule has 0 amide bonds. The van der Waals surface area contributed by atoms with Crippen molar-refractivity contribution in [1.29, 1.82) is 0 Å². The summed E-state index contributed by atoms with van der Waals surface area (Å²) < 4.78 is 18.3. The number of aromatic nitrogens is 3. The molecule has 0 aliphatic rings. The van der Waals surface area contributed by atoms with E-state index in [2.05, 4.69) is 16.1 Å². The molecular weight excluding hydrogens is 444 g/mol. The number of nitro groups is 1. The summed E-state index contributed by atoms with van der Waals surface area (Å²) in [5.74, 6) is 4.77. The highest BCUT2D eigenvalue weighted by Crippen LogP contribution is 2.39. The van der Waals surface area contributed by atoms with Crippen molar-refractivity contribution in [3.05, 3.63) is 64.0 Å². The third-order valence-electron chi connectivity index (χ3n) is 4.64. The maximum absolute atomic E-state index is 11.5. The maximum Gasteiger partial charge on any atom is 0.220 e. The highest BCUT2D eigenvalue weighted by atomic mass is 32.2. The van der Waals surface area contributed by atoms with Crippen LogP contribution in [0.3, 0.4) is 0 Å². The lowest BCUT2D eigenvalue weighted by molar-refractivity contribution is -0.479. The van der Waals surface area contributed by atoms with E-state index in [0.717, 1.165) is 11.4 Å². The standard InChI is InChI=1S/C23H24N4O5S/c1-5-13-32-20-12-7-17(14-21(20)31-6-2)22(15-26(28)29)33-23-25-24-16(3)27(23)18-8-10-19(30-4)11-9-18/h1,7-12,14,22H,6,13,15H2,2-4H3/t22-/m1/s1. The molecule has 10 heteroatoms. The van der Waals surface area contributed by atoms with Gasteiger partial charge in [-0.05, 0) is 55.8 Å². The Labute approximate surface area is 196 Å². The monoisotopic (exact) mass is 468 g/mol. The molecule has 0 bridgehead atoms. The van der Waals surface area contributed by atoms with Crippen LogP contribution in [0.15, 0.2) is 47.6 Å². The summed E-state index contributed by atoms with van der Waals surface area (Å²) in [4.78, 5) is 11.1. The fraction of sp³-hybridized carbons (Fsp3) is 0.304. The van der Waals surface area contributed by atoms with E-state index < -0.39 is 5.25 Å². The largest absolute Gasteiger partial charge is 0.497 e. The Balaban J connectivity index is 1.96. The van der Waals surface area contributed by atoms with E-state index in [4.69, 9.17) is 20.6 Å². The summed E-state index contributed by atoms with van der Waals surface area (Å²) in [6, 6.07) is 12.7. The number of ether oxygens (including phenoxy) is 3. The number of methoxy groups -OCH3 is 1. The average Bonchev–Trinajstić information content (AvgIpc) is 3.17. The molecule has 0 unspecified atom stereocenters. The fourth-order valence-electron chi connectivity index (χ4n) is 3.15. The second-order valence-electron chi connectivity index (χ2n) is 6.82. The van der Waals surface area contributed by atoms with Gasteiger partial charge in [-0.1, -0.05) is 23.7 Å². The van der Waals surface area contributed by atoms with Gasteiger partial charge in [-0.3, -0.25) is 14.7 Å². The molecule has 1 heterocycles. The third kappa shape index (κ3) is 5.96. The van der Waals surface area contributed by atoms with Gasteiger partial charge in [0, 0.05) is 10.6 Å². The Morgan fingerprint density at radius 1 is 1.18 bits per heavy atom. The zero-order valence-electron chi connectivity index (χ0n) is 18.6. The molecule has 0 spiro atoms. The molecule has 0 N–H and O–H groups in total. The molecule has 1 atom stereocenters. The first-order valence-corrected chi connectivity index (χ1v) is 11.0. The van der Waals surface area contributed by atoms with E-state index in [1.807, 2.05) is 42.7 Å². The quantitative estimate of drug-likeness (QED) is 0.179. The number of terminal acetylenes is 1. The summed E-state index contributed by atoms with van der Waals surface area (Å²) in [5, 5.41) is 19.9. The Morgan fingerprint density at radius 2 is 1.94 bits per heavy atom. The minimum Gasteiger partial charge on any atom is -0.497 e. The molecular formula is C23H24N4O5S. The van der Waals surface area contributed by atoms with Gasteiger partial charge in [-0.15, -0.1) is 16.6 Å². The number of thioether (sulfide) groups is 1. The van der Waals surface area contributed by atoms with Crippen molar-refractivity contribution in [2.24, 2.45) is 0 Å². The topological polar surface area (TPSA) is 102 Å². The predicted octanol–water partition coefficient (Wildman–Crippen LogP) is 4.11. The number of hydrogen-bond acceptors (Lipinski definition) is 8. The van der Waals surface area contributed by atoms with Gasteiger partial charge < -0.3 is 14.2 Å². The molecule has 0 aliphatic heterocycles. The summed E-state index contributed by atoms with van der Waals surface area (Å²) in [6.45, 7) is 3.87. The first-order valence-electron chi connectivity index (χ1n) is 10.1. The van der Waals surface area contributed by atoms with Crippen molar-refractivity contribution >= 4 is 11.8 Å². The van der Waals surface area contributed by atoms with E-state index in [-0.39, 0.29) is 18.1 Å².